The van der Waals surface area contributed by atoms with Gasteiger partial charge in [-0.1, -0.05) is 0 Å². The first-order valence-corrected chi connectivity index (χ1v) is 10.0. The molecule has 3 rings (SSSR count). The van der Waals surface area contributed by atoms with Crippen molar-refractivity contribution in [2.45, 2.75) is 22.6 Å². The van der Waals surface area contributed by atoms with Gasteiger partial charge in [0.1, 0.15) is 5.75 Å². The van der Waals surface area contributed by atoms with E-state index >= 15 is 0 Å². The monoisotopic (exact) mass is 418 g/mol. The van der Waals surface area contributed by atoms with Crippen LogP contribution in [0.15, 0.2) is 52.3 Å². The van der Waals surface area contributed by atoms with Crippen LogP contribution >= 0.6 is 11.8 Å². The third-order valence-electron chi connectivity index (χ3n) is 3.46. The van der Waals surface area contributed by atoms with E-state index in [-0.39, 0.29) is 16.5 Å². The van der Waals surface area contributed by atoms with Crippen molar-refractivity contribution in [1.82, 2.24) is 0 Å². The van der Waals surface area contributed by atoms with Gasteiger partial charge in [0, 0.05) is 22.8 Å². The number of carbonyl (C=O) groups excluding carboxylic acids is 1. The zero-order chi connectivity index (χ0) is 19.7. The SMILES string of the molecule is O=C1CCSc2ccc(S(=O)(=O)Nc3ccc(OC(F)(F)F)cc3)cc2N1. The van der Waals surface area contributed by atoms with E-state index in [4.69, 9.17) is 0 Å². The molecule has 1 aliphatic rings. The summed E-state index contributed by atoms with van der Waals surface area (Å²) in [5.74, 6) is -0.0746. The Labute approximate surface area is 157 Å². The number of fused-ring (bicyclic) bond motifs is 1. The summed E-state index contributed by atoms with van der Waals surface area (Å²) in [4.78, 5) is 12.3. The third-order valence-corrected chi connectivity index (χ3v) is 5.92. The van der Waals surface area contributed by atoms with Crippen LogP contribution in [0.5, 0.6) is 5.75 Å². The highest BCUT2D eigenvalue weighted by molar-refractivity contribution is 7.99. The number of halogens is 3. The van der Waals surface area contributed by atoms with Crippen molar-refractivity contribution < 1.29 is 31.1 Å². The molecule has 0 saturated heterocycles. The van der Waals surface area contributed by atoms with E-state index in [0.29, 0.717) is 17.9 Å². The van der Waals surface area contributed by atoms with Gasteiger partial charge in [0.2, 0.25) is 5.91 Å². The van der Waals surface area contributed by atoms with Crippen LogP contribution in [0.3, 0.4) is 0 Å². The largest absolute Gasteiger partial charge is 0.573 e. The summed E-state index contributed by atoms with van der Waals surface area (Å²) in [6, 6.07) is 8.64. The fourth-order valence-electron chi connectivity index (χ4n) is 2.30. The van der Waals surface area contributed by atoms with E-state index in [0.717, 1.165) is 29.2 Å². The molecule has 0 fully saturated rings. The predicted molar refractivity (Wildman–Crippen MR) is 94.3 cm³/mol. The van der Waals surface area contributed by atoms with Crippen LogP contribution in [0.25, 0.3) is 0 Å². The molecule has 0 spiro atoms. The molecule has 0 aliphatic carbocycles. The van der Waals surface area contributed by atoms with Crippen LogP contribution in [-0.4, -0.2) is 26.4 Å². The summed E-state index contributed by atoms with van der Waals surface area (Å²) in [5, 5.41) is 2.65. The normalized spacial score (nSPS) is 14.7. The van der Waals surface area contributed by atoms with Crippen molar-refractivity contribution in [1.29, 1.82) is 0 Å². The van der Waals surface area contributed by atoms with Crippen molar-refractivity contribution in [2.24, 2.45) is 0 Å². The summed E-state index contributed by atoms with van der Waals surface area (Å²) in [6.45, 7) is 0. The lowest BCUT2D eigenvalue weighted by Gasteiger charge is -2.12. The van der Waals surface area contributed by atoms with Gasteiger partial charge < -0.3 is 10.1 Å². The van der Waals surface area contributed by atoms with E-state index in [1.165, 1.54) is 23.9 Å². The summed E-state index contributed by atoms with van der Waals surface area (Å²) >= 11 is 1.44. The molecule has 27 heavy (non-hydrogen) atoms. The maximum absolute atomic E-state index is 12.5. The molecule has 1 amide bonds. The zero-order valence-corrected chi connectivity index (χ0v) is 15.2. The standard InChI is InChI=1S/C16H13F3N2O4S2/c17-16(18,19)25-11-3-1-10(2-4-11)21-27(23,24)12-5-6-14-13(9-12)20-15(22)7-8-26-14/h1-6,9,21H,7-8H2,(H,20,22). The lowest BCUT2D eigenvalue weighted by molar-refractivity contribution is -0.274. The van der Waals surface area contributed by atoms with Crippen LogP contribution in [-0.2, 0) is 14.8 Å². The van der Waals surface area contributed by atoms with E-state index in [1.54, 1.807) is 6.07 Å². The van der Waals surface area contributed by atoms with Gasteiger partial charge >= 0.3 is 6.36 Å². The molecule has 0 saturated carbocycles. The van der Waals surface area contributed by atoms with Gasteiger partial charge in [0.05, 0.1) is 10.6 Å². The predicted octanol–water partition coefficient (Wildman–Crippen LogP) is 3.82. The fourth-order valence-corrected chi connectivity index (χ4v) is 4.33. The molecular weight excluding hydrogens is 405 g/mol. The summed E-state index contributed by atoms with van der Waals surface area (Å²) < 4.78 is 67.6. The molecular formula is C16H13F3N2O4S2. The van der Waals surface area contributed by atoms with E-state index in [1.807, 2.05) is 0 Å². The Balaban J connectivity index is 1.80. The van der Waals surface area contributed by atoms with Crippen molar-refractivity contribution in [2.75, 3.05) is 15.8 Å². The van der Waals surface area contributed by atoms with Crippen LogP contribution in [0.4, 0.5) is 24.5 Å². The van der Waals surface area contributed by atoms with Gasteiger partial charge in [-0.15, -0.1) is 24.9 Å². The molecule has 144 valence electrons. The first-order valence-electron chi connectivity index (χ1n) is 7.58. The minimum Gasteiger partial charge on any atom is -0.406 e. The van der Waals surface area contributed by atoms with Crippen LogP contribution in [0, 0.1) is 0 Å². The van der Waals surface area contributed by atoms with Crippen molar-refractivity contribution >= 4 is 39.1 Å². The van der Waals surface area contributed by atoms with Crippen LogP contribution in [0.1, 0.15) is 6.42 Å². The molecule has 1 heterocycles. The Morgan fingerprint density at radius 2 is 1.81 bits per heavy atom. The number of sulfonamides is 1. The van der Waals surface area contributed by atoms with Gasteiger partial charge in [-0.2, -0.15) is 0 Å². The second-order valence-electron chi connectivity index (χ2n) is 5.48. The number of anilines is 2. The summed E-state index contributed by atoms with van der Waals surface area (Å²) in [6.07, 6.45) is -4.50. The zero-order valence-electron chi connectivity index (χ0n) is 13.5. The van der Waals surface area contributed by atoms with Crippen molar-refractivity contribution in [3.63, 3.8) is 0 Å². The Kier molecular flexibility index (Phi) is 5.24. The smallest absolute Gasteiger partial charge is 0.406 e. The Hall–Kier alpha value is -2.40. The number of thioether (sulfide) groups is 1. The molecule has 0 aromatic heterocycles. The van der Waals surface area contributed by atoms with Gasteiger partial charge in [0.15, 0.2) is 0 Å². The maximum Gasteiger partial charge on any atom is 0.573 e. The first kappa shape index (κ1) is 19.4. The molecule has 1 aliphatic heterocycles. The maximum atomic E-state index is 12.5. The van der Waals surface area contributed by atoms with E-state index < -0.39 is 22.1 Å². The van der Waals surface area contributed by atoms with Crippen LogP contribution < -0.4 is 14.8 Å². The molecule has 0 bridgehead atoms. The number of ether oxygens (including phenoxy) is 1. The lowest BCUT2D eigenvalue weighted by Crippen LogP contribution is -2.17. The number of alkyl halides is 3. The number of hydrogen-bond acceptors (Lipinski definition) is 5. The van der Waals surface area contributed by atoms with E-state index in [9.17, 15) is 26.4 Å². The van der Waals surface area contributed by atoms with Gasteiger partial charge in [-0.25, -0.2) is 8.42 Å². The average molecular weight is 418 g/mol. The van der Waals surface area contributed by atoms with Gasteiger partial charge in [-0.05, 0) is 42.5 Å². The fraction of sp³-hybridized carbons (Fsp3) is 0.188. The molecule has 2 aromatic carbocycles. The second-order valence-corrected chi connectivity index (χ2v) is 8.30. The lowest BCUT2D eigenvalue weighted by atomic mass is 10.3. The molecule has 2 N–H and O–H groups in total. The van der Waals surface area contributed by atoms with Crippen LogP contribution in [0.2, 0.25) is 0 Å². The number of rotatable bonds is 4. The minimum absolute atomic E-state index is 0.0675. The molecule has 2 aromatic rings. The summed E-state index contributed by atoms with van der Waals surface area (Å²) in [5.41, 5.74) is 0.470. The Bertz CT molecular complexity index is 961. The molecule has 0 atom stereocenters. The first-order chi connectivity index (χ1) is 12.6. The van der Waals surface area contributed by atoms with E-state index in [2.05, 4.69) is 14.8 Å². The number of carbonyl (C=O) groups is 1. The number of benzene rings is 2. The molecule has 0 unspecified atom stereocenters. The highest BCUT2D eigenvalue weighted by Crippen LogP contribution is 2.33. The number of nitrogens with one attached hydrogen (secondary N) is 2. The number of amides is 1. The Morgan fingerprint density at radius 1 is 1.11 bits per heavy atom. The quantitative estimate of drug-likeness (QED) is 0.789. The van der Waals surface area contributed by atoms with Gasteiger partial charge in [0.25, 0.3) is 10.0 Å². The topological polar surface area (TPSA) is 84.5 Å². The summed E-state index contributed by atoms with van der Waals surface area (Å²) in [7, 11) is -4.00. The molecule has 0 radical (unpaired) electrons. The Morgan fingerprint density at radius 3 is 2.48 bits per heavy atom. The third kappa shape index (κ3) is 5.07. The van der Waals surface area contributed by atoms with Gasteiger partial charge in [-0.3, -0.25) is 9.52 Å². The molecule has 11 heteroatoms. The number of hydrogen-bond donors (Lipinski definition) is 2. The molecule has 6 nitrogen and oxygen atoms in total. The average Bonchev–Trinajstić information content (AvgIpc) is 2.75. The van der Waals surface area contributed by atoms with Crippen molar-refractivity contribution in [3.05, 3.63) is 42.5 Å². The second kappa shape index (κ2) is 7.31. The highest BCUT2D eigenvalue weighted by atomic mass is 32.2. The minimum atomic E-state index is -4.83. The van der Waals surface area contributed by atoms with Crippen molar-refractivity contribution in [3.8, 4) is 5.75 Å². The highest BCUT2D eigenvalue weighted by Gasteiger charge is 2.31.